The minimum absolute atomic E-state index is 0.602. The van der Waals surface area contributed by atoms with Crippen LogP contribution in [-0.2, 0) is 12.0 Å². The number of nitrogens with zero attached hydrogens (tertiary/aromatic N) is 2. The maximum atomic E-state index is 5.35. The predicted molar refractivity (Wildman–Crippen MR) is 133 cm³/mol. The maximum Gasteiger partial charge on any atom is 0.138 e. The van der Waals surface area contributed by atoms with Gasteiger partial charge in [0.05, 0.1) is 7.11 Å². The Morgan fingerprint density at radius 1 is 0.697 bits per heavy atom. The van der Waals surface area contributed by atoms with E-state index in [1.54, 1.807) is 7.11 Å². The van der Waals surface area contributed by atoms with Gasteiger partial charge in [-0.3, -0.25) is 4.68 Å². The van der Waals surface area contributed by atoms with Crippen molar-refractivity contribution in [2.24, 2.45) is 0 Å². The molecule has 3 heteroatoms. The molecule has 0 saturated carbocycles. The molecule has 5 aromatic rings. The molecular weight excluding hydrogens is 404 g/mol. The van der Waals surface area contributed by atoms with E-state index in [1.807, 2.05) is 24.4 Å². The first-order valence-electron chi connectivity index (χ1n) is 11.1. The molecule has 0 saturated heterocycles. The molecule has 0 aliphatic heterocycles. The predicted octanol–water partition coefficient (Wildman–Crippen LogP) is 6.32. The Hall–Kier alpha value is -4.11. The van der Waals surface area contributed by atoms with E-state index in [9.17, 15) is 0 Å². The number of hydrogen-bond acceptors (Lipinski definition) is 2. The van der Waals surface area contributed by atoms with E-state index in [4.69, 9.17) is 9.84 Å². The number of ether oxygens (including phenoxy) is 1. The average Bonchev–Trinajstić information content (AvgIpc) is 3.43. The molecule has 0 N–H and O–H groups in total. The van der Waals surface area contributed by atoms with E-state index in [2.05, 4.69) is 108 Å². The van der Waals surface area contributed by atoms with Gasteiger partial charge in [0, 0.05) is 12.4 Å². The first-order valence-corrected chi connectivity index (χ1v) is 11.1. The van der Waals surface area contributed by atoms with E-state index >= 15 is 0 Å². The zero-order valence-electron chi connectivity index (χ0n) is 18.6. The zero-order chi connectivity index (χ0) is 22.5. The second kappa shape index (κ2) is 9.17. The van der Waals surface area contributed by atoms with Crippen LogP contribution in [0.5, 0.6) is 5.75 Å². The van der Waals surface area contributed by atoms with Crippen LogP contribution in [0.2, 0.25) is 0 Å². The Bertz CT molecular complexity index is 1260. The van der Waals surface area contributed by atoms with Crippen LogP contribution in [0, 0.1) is 0 Å². The van der Waals surface area contributed by atoms with Gasteiger partial charge in [-0.15, -0.1) is 0 Å². The highest BCUT2D eigenvalue weighted by atomic mass is 16.5. The van der Waals surface area contributed by atoms with Gasteiger partial charge in [-0.1, -0.05) is 97.1 Å². The van der Waals surface area contributed by atoms with Crippen molar-refractivity contribution < 1.29 is 4.74 Å². The Balaban J connectivity index is 1.77. The Morgan fingerprint density at radius 2 is 1.30 bits per heavy atom. The fourth-order valence-electron chi connectivity index (χ4n) is 4.68. The molecule has 3 nitrogen and oxygen atoms in total. The summed E-state index contributed by atoms with van der Waals surface area (Å²) in [5, 5.41) is 4.79. The van der Waals surface area contributed by atoms with Gasteiger partial charge in [0.25, 0.3) is 0 Å². The summed E-state index contributed by atoms with van der Waals surface area (Å²) in [6.07, 6.45) is 4.72. The molecule has 0 fully saturated rings. The highest BCUT2D eigenvalue weighted by molar-refractivity contribution is 5.54. The molecule has 0 radical (unpaired) electrons. The smallest absolute Gasteiger partial charge is 0.138 e. The maximum absolute atomic E-state index is 5.35. The lowest BCUT2D eigenvalue weighted by Crippen LogP contribution is -2.39. The van der Waals surface area contributed by atoms with Crippen molar-refractivity contribution in [2.45, 2.75) is 12.0 Å². The van der Waals surface area contributed by atoms with Gasteiger partial charge < -0.3 is 4.74 Å². The largest absolute Gasteiger partial charge is 0.497 e. The molecule has 162 valence electrons. The third-order valence-electron chi connectivity index (χ3n) is 6.19. The number of rotatable bonds is 7. The second-order valence-corrected chi connectivity index (χ2v) is 8.08. The van der Waals surface area contributed by atoms with Crippen molar-refractivity contribution in [1.29, 1.82) is 0 Å². The van der Waals surface area contributed by atoms with Gasteiger partial charge in [-0.2, -0.15) is 5.10 Å². The van der Waals surface area contributed by atoms with Gasteiger partial charge >= 0.3 is 0 Å². The van der Waals surface area contributed by atoms with Crippen LogP contribution < -0.4 is 4.74 Å². The average molecular weight is 431 g/mol. The zero-order valence-corrected chi connectivity index (χ0v) is 18.6. The summed E-state index contributed by atoms with van der Waals surface area (Å²) in [7, 11) is 1.70. The van der Waals surface area contributed by atoms with Crippen molar-refractivity contribution in [3.63, 3.8) is 0 Å². The van der Waals surface area contributed by atoms with Gasteiger partial charge in [0.1, 0.15) is 11.3 Å². The van der Waals surface area contributed by atoms with E-state index in [1.165, 1.54) is 27.8 Å². The van der Waals surface area contributed by atoms with Crippen LogP contribution in [0.15, 0.2) is 128 Å². The SMILES string of the molecule is COc1ccc(Cc2ccccc2C(c2ccccc2)(c2ccccc2)n2cccn2)cc1. The molecule has 0 aliphatic carbocycles. The van der Waals surface area contributed by atoms with Gasteiger partial charge in [-0.05, 0) is 52.4 Å². The monoisotopic (exact) mass is 430 g/mol. The van der Waals surface area contributed by atoms with E-state index in [-0.39, 0.29) is 0 Å². The molecular formula is C30H26N2O. The summed E-state index contributed by atoms with van der Waals surface area (Å²) in [6.45, 7) is 0. The summed E-state index contributed by atoms with van der Waals surface area (Å²) in [5.41, 5.74) is 5.44. The Labute approximate surface area is 194 Å². The number of benzene rings is 4. The van der Waals surface area contributed by atoms with Crippen LogP contribution in [0.4, 0.5) is 0 Å². The van der Waals surface area contributed by atoms with E-state index in [0.29, 0.717) is 0 Å². The number of hydrogen-bond donors (Lipinski definition) is 0. The van der Waals surface area contributed by atoms with Crippen molar-refractivity contribution in [3.05, 3.63) is 155 Å². The molecule has 0 spiro atoms. The van der Waals surface area contributed by atoms with Crippen molar-refractivity contribution in [2.75, 3.05) is 7.11 Å². The van der Waals surface area contributed by atoms with Crippen LogP contribution >= 0.6 is 0 Å². The molecule has 1 heterocycles. The molecule has 0 bridgehead atoms. The summed E-state index contributed by atoms with van der Waals surface area (Å²) >= 11 is 0. The topological polar surface area (TPSA) is 27.1 Å². The molecule has 5 rings (SSSR count). The highest BCUT2D eigenvalue weighted by Gasteiger charge is 2.40. The molecule has 0 amide bonds. The fraction of sp³-hybridized carbons (Fsp3) is 0.100. The highest BCUT2D eigenvalue weighted by Crippen LogP contribution is 2.42. The normalized spacial score (nSPS) is 11.3. The minimum atomic E-state index is -0.602. The van der Waals surface area contributed by atoms with Crippen LogP contribution in [0.3, 0.4) is 0 Å². The lowest BCUT2D eigenvalue weighted by atomic mass is 9.74. The third kappa shape index (κ3) is 3.83. The van der Waals surface area contributed by atoms with Crippen LogP contribution in [0.1, 0.15) is 27.8 Å². The molecule has 0 unspecified atom stereocenters. The van der Waals surface area contributed by atoms with Gasteiger partial charge in [0.2, 0.25) is 0 Å². The first kappa shape index (κ1) is 20.8. The summed E-state index contributed by atoms with van der Waals surface area (Å²) < 4.78 is 7.44. The van der Waals surface area contributed by atoms with Crippen LogP contribution in [0.25, 0.3) is 0 Å². The fourth-order valence-corrected chi connectivity index (χ4v) is 4.68. The first-order chi connectivity index (χ1) is 16.3. The number of aromatic nitrogens is 2. The van der Waals surface area contributed by atoms with Gasteiger partial charge in [-0.25, -0.2) is 0 Å². The van der Waals surface area contributed by atoms with Gasteiger partial charge in [0.15, 0.2) is 0 Å². The molecule has 1 aromatic heterocycles. The molecule has 0 atom stereocenters. The van der Waals surface area contributed by atoms with Crippen LogP contribution in [-0.4, -0.2) is 16.9 Å². The quantitative estimate of drug-likeness (QED) is 0.282. The minimum Gasteiger partial charge on any atom is -0.497 e. The van der Waals surface area contributed by atoms with E-state index < -0.39 is 5.54 Å². The third-order valence-corrected chi connectivity index (χ3v) is 6.19. The molecule has 33 heavy (non-hydrogen) atoms. The second-order valence-electron chi connectivity index (χ2n) is 8.08. The Morgan fingerprint density at radius 3 is 1.88 bits per heavy atom. The summed E-state index contributed by atoms with van der Waals surface area (Å²) in [6, 6.07) is 40.3. The lowest BCUT2D eigenvalue weighted by molar-refractivity contribution is 0.414. The van der Waals surface area contributed by atoms with E-state index in [0.717, 1.165) is 12.2 Å². The summed E-state index contributed by atoms with van der Waals surface area (Å²) in [4.78, 5) is 0. The standard InChI is InChI=1S/C30H26N2O/c1-33-28-19-17-24(18-20-28)23-25-11-8-9-16-29(25)30(32-22-10-21-31-32,26-12-4-2-5-13-26)27-14-6-3-7-15-27/h2-22H,23H2,1H3. The molecule has 0 aliphatic rings. The lowest BCUT2D eigenvalue weighted by Gasteiger charge is -2.37. The summed E-state index contributed by atoms with van der Waals surface area (Å²) in [5.74, 6) is 0.867. The Kier molecular flexibility index (Phi) is 5.77. The van der Waals surface area contributed by atoms with Crippen molar-refractivity contribution >= 4 is 0 Å². The number of methoxy groups -OCH3 is 1. The van der Waals surface area contributed by atoms with Crippen molar-refractivity contribution in [3.8, 4) is 5.75 Å². The molecule has 4 aromatic carbocycles. The van der Waals surface area contributed by atoms with Crippen molar-refractivity contribution in [1.82, 2.24) is 9.78 Å².